The predicted molar refractivity (Wildman–Crippen MR) is 114 cm³/mol. The van der Waals surface area contributed by atoms with Crippen molar-refractivity contribution in [1.29, 1.82) is 0 Å². The predicted octanol–water partition coefficient (Wildman–Crippen LogP) is 2.42. The highest BCUT2D eigenvalue weighted by Gasteiger charge is 2.27. The highest BCUT2D eigenvalue weighted by atomic mass is 16.1. The maximum absolute atomic E-state index is 11.2. The molecule has 2 aromatic rings. The molecule has 7 heteroatoms. The van der Waals surface area contributed by atoms with Crippen molar-refractivity contribution in [2.24, 2.45) is 10.7 Å². The third-order valence-electron chi connectivity index (χ3n) is 5.52. The Bertz CT molecular complexity index is 826. The van der Waals surface area contributed by atoms with Crippen molar-refractivity contribution in [3.05, 3.63) is 59.2 Å². The molecule has 1 saturated heterocycles. The van der Waals surface area contributed by atoms with E-state index in [0.29, 0.717) is 12.0 Å². The van der Waals surface area contributed by atoms with Gasteiger partial charge in [0.15, 0.2) is 5.96 Å². The summed E-state index contributed by atoms with van der Waals surface area (Å²) < 4.78 is 0. The minimum absolute atomic E-state index is 0.262. The first-order valence-electron chi connectivity index (χ1n) is 10.1. The molecule has 1 aliphatic heterocycles. The molecule has 0 aromatic carbocycles. The molecule has 2 aromatic heterocycles. The van der Waals surface area contributed by atoms with Crippen LogP contribution in [0.4, 0.5) is 0 Å². The van der Waals surface area contributed by atoms with Gasteiger partial charge in [-0.3, -0.25) is 19.7 Å². The van der Waals surface area contributed by atoms with Gasteiger partial charge in [0.05, 0.1) is 11.4 Å². The van der Waals surface area contributed by atoms with Gasteiger partial charge in [-0.05, 0) is 49.9 Å². The summed E-state index contributed by atoms with van der Waals surface area (Å²) in [5, 5.41) is 0. The van der Waals surface area contributed by atoms with Crippen molar-refractivity contribution < 1.29 is 4.79 Å². The number of aromatic nitrogens is 2. The Kier molecular flexibility index (Phi) is 6.93. The fraction of sp³-hybridized carbons (Fsp3) is 0.455. The Hall–Kier alpha value is -2.80. The maximum atomic E-state index is 11.2. The summed E-state index contributed by atoms with van der Waals surface area (Å²) in [6, 6.07) is 8.55. The summed E-state index contributed by atoms with van der Waals surface area (Å²) in [6.45, 7) is 8.76. The van der Waals surface area contributed by atoms with Crippen LogP contribution in [0.1, 0.15) is 42.3 Å². The largest absolute Gasteiger partial charge is 0.369 e. The zero-order chi connectivity index (χ0) is 20.8. The Balaban J connectivity index is 1.76. The third kappa shape index (κ3) is 5.60. The monoisotopic (exact) mass is 394 g/mol. The lowest BCUT2D eigenvalue weighted by Crippen LogP contribution is -2.48. The van der Waals surface area contributed by atoms with E-state index in [1.807, 2.05) is 29.4 Å². The van der Waals surface area contributed by atoms with E-state index in [4.69, 9.17) is 5.73 Å². The maximum Gasteiger partial charge on any atom is 0.245 e. The quantitative estimate of drug-likeness (QED) is 0.619. The third-order valence-corrected chi connectivity index (χ3v) is 5.52. The van der Waals surface area contributed by atoms with Crippen LogP contribution in [-0.2, 0) is 17.9 Å². The Morgan fingerprint density at radius 1 is 1.10 bits per heavy atom. The number of likely N-dealkylation sites (tertiary alicyclic amines) is 1. The second-order valence-corrected chi connectivity index (χ2v) is 7.65. The van der Waals surface area contributed by atoms with Crippen molar-refractivity contribution in [1.82, 2.24) is 19.8 Å². The van der Waals surface area contributed by atoms with E-state index in [1.165, 1.54) is 18.1 Å². The average Bonchev–Trinajstić information content (AvgIpc) is 2.70. The molecular formula is C22H30N6O. The molecule has 0 radical (unpaired) electrons. The highest BCUT2D eigenvalue weighted by molar-refractivity contribution is 5.91. The smallest absolute Gasteiger partial charge is 0.245 e. The number of carbonyl (C=O) groups excluding carboxylic acids is 1. The number of carbonyl (C=O) groups is 1. The van der Waals surface area contributed by atoms with Crippen molar-refractivity contribution >= 4 is 11.9 Å². The van der Waals surface area contributed by atoms with Gasteiger partial charge in [0.2, 0.25) is 5.91 Å². The minimum Gasteiger partial charge on any atom is -0.369 e. The number of amides is 1. The van der Waals surface area contributed by atoms with Gasteiger partial charge >= 0.3 is 0 Å². The van der Waals surface area contributed by atoms with Gasteiger partial charge in [0.1, 0.15) is 0 Å². The number of hydrogen-bond donors (Lipinski definition) is 1. The molecule has 1 fully saturated rings. The molecule has 3 rings (SSSR count). The molecule has 1 aliphatic rings. The minimum atomic E-state index is -0.262. The Morgan fingerprint density at radius 2 is 1.62 bits per heavy atom. The van der Waals surface area contributed by atoms with Crippen molar-refractivity contribution in [3.63, 3.8) is 0 Å². The van der Waals surface area contributed by atoms with E-state index >= 15 is 0 Å². The molecule has 1 amide bonds. The Labute approximate surface area is 172 Å². The molecule has 154 valence electrons. The number of nitrogens with zero attached hydrogens (tertiary/aromatic N) is 5. The van der Waals surface area contributed by atoms with Gasteiger partial charge in [0.25, 0.3) is 0 Å². The van der Waals surface area contributed by atoms with E-state index in [-0.39, 0.29) is 5.91 Å². The number of aliphatic imine (C=N–C) groups is 1. The van der Waals surface area contributed by atoms with Crippen LogP contribution in [0.25, 0.3) is 0 Å². The van der Waals surface area contributed by atoms with Crippen molar-refractivity contribution in [3.8, 4) is 0 Å². The lowest BCUT2D eigenvalue weighted by molar-refractivity contribution is -0.115. The van der Waals surface area contributed by atoms with Crippen LogP contribution in [0, 0.1) is 13.8 Å². The number of nitrogens with two attached hydrogens (primary N) is 1. The summed E-state index contributed by atoms with van der Waals surface area (Å²) in [5.41, 5.74) is 10.6. The SMILES string of the molecule is CC(=O)N=C(N)N1CCC(N(Cc2ncccc2C)Cc2ncccc2C)CC1. The van der Waals surface area contributed by atoms with Crippen LogP contribution >= 0.6 is 0 Å². The summed E-state index contributed by atoms with van der Waals surface area (Å²) in [7, 11) is 0. The molecular weight excluding hydrogens is 364 g/mol. The van der Waals surface area contributed by atoms with E-state index in [1.54, 1.807) is 0 Å². The van der Waals surface area contributed by atoms with Gasteiger partial charge in [0, 0.05) is 51.5 Å². The molecule has 0 unspecified atom stereocenters. The van der Waals surface area contributed by atoms with Crippen LogP contribution < -0.4 is 5.73 Å². The van der Waals surface area contributed by atoms with Crippen LogP contribution in [0.5, 0.6) is 0 Å². The fourth-order valence-electron chi connectivity index (χ4n) is 3.76. The molecule has 0 atom stereocenters. The zero-order valence-electron chi connectivity index (χ0n) is 17.5. The molecule has 0 bridgehead atoms. The number of aryl methyl sites for hydroxylation is 2. The van der Waals surface area contributed by atoms with Crippen molar-refractivity contribution in [2.75, 3.05) is 13.1 Å². The first-order valence-corrected chi connectivity index (χ1v) is 10.1. The van der Waals surface area contributed by atoms with Crippen LogP contribution in [-0.4, -0.2) is 50.8 Å². The van der Waals surface area contributed by atoms with Crippen LogP contribution in [0.2, 0.25) is 0 Å². The molecule has 2 N–H and O–H groups in total. The first-order chi connectivity index (χ1) is 13.9. The lowest BCUT2D eigenvalue weighted by Gasteiger charge is -2.39. The van der Waals surface area contributed by atoms with Crippen LogP contribution in [0.15, 0.2) is 41.7 Å². The molecule has 0 spiro atoms. The number of guanidine groups is 1. The zero-order valence-corrected chi connectivity index (χ0v) is 17.5. The normalized spacial score (nSPS) is 15.7. The second-order valence-electron chi connectivity index (χ2n) is 7.65. The molecule has 0 aliphatic carbocycles. The lowest BCUT2D eigenvalue weighted by atomic mass is 10.0. The number of piperidine rings is 1. The van der Waals surface area contributed by atoms with Gasteiger partial charge in [-0.2, -0.15) is 4.99 Å². The summed E-state index contributed by atoms with van der Waals surface area (Å²) in [5.74, 6) is 0.0612. The van der Waals surface area contributed by atoms with E-state index < -0.39 is 0 Å². The van der Waals surface area contributed by atoms with E-state index in [9.17, 15) is 4.79 Å². The van der Waals surface area contributed by atoms with Crippen molar-refractivity contribution in [2.45, 2.75) is 52.7 Å². The molecule has 0 saturated carbocycles. The Morgan fingerprint density at radius 3 is 2.07 bits per heavy atom. The first kappa shape index (κ1) is 20.9. The van der Waals surface area contributed by atoms with Crippen LogP contribution in [0.3, 0.4) is 0 Å². The number of hydrogen-bond acceptors (Lipinski definition) is 4. The average molecular weight is 395 g/mol. The molecule has 7 nitrogen and oxygen atoms in total. The topological polar surface area (TPSA) is 87.7 Å². The number of rotatable bonds is 5. The summed E-state index contributed by atoms with van der Waals surface area (Å²) in [4.78, 5) is 28.8. The molecule has 29 heavy (non-hydrogen) atoms. The van der Waals surface area contributed by atoms with E-state index in [0.717, 1.165) is 50.4 Å². The van der Waals surface area contributed by atoms with Gasteiger partial charge in [-0.1, -0.05) is 12.1 Å². The molecule has 3 heterocycles. The number of pyridine rings is 2. The van der Waals surface area contributed by atoms with Gasteiger partial charge < -0.3 is 10.6 Å². The summed E-state index contributed by atoms with van der Waals surface area (Å²) in [6.07, 6.45) is 5.61. The highest BCUT2D eigenvalue weighted by Crippen LogP contribution is 2.22. The summed E-state index contributed by atoms with van der Waals surface area (Å²) >= 11 is 0. The fourth-order valence-corrected chi connectivity index (χ4v) is 3.76. The van der Waals surface area contributed by atoms with Gasteiger partial charge in [-0.25, -0.2) is 0 Å². The van der Waals surface area contributed by atoms with E-state index in [2.05, 4.69) is 45.8 Å². The van der Waals surface area contributed by atoms with Gasteiger partial charge in [-0.15, -0.1) is 0 Å². The second kappa shape index (κ2) is 9.60. The standard InChI is InChI=1S/C22H30N6O/c1-16-6-4-10-24-20(16)14-28(15-21-17(2)7-5-11-25-21)19-8-12-27(13-9-19)22(23)26-18(3)29/h4-7,10-11,19H,8-9,12-15H2,1-3H3,(H2,23,26,29).